The van der Waals surface area contributed by atoms with Gasteiger partial charge in [-0.15, -0.1) is 0 Å². The van der Waals surface area contributed by atoms with E-state index >= 15 is 0 Å². The van der Waals surface area contributed by atoms with Gasteiger partial charge >= 0.3 is 0 Å². The summed E-state index contributed by atoms with van der Waals surface area (Å²) in [7, 11) is 0. The number of allylic oxidation sites excluding steroid dienone is 1. The average Bonchev–Trinajstić information content (AvgIpc) is 2.18. The highest BCUT2D eigenvalue weighted by atomic mass is 15.2. The van der Waals surface area contributed by atoms with E-state index in [-0.39, 0.29) is 0 Å². The van der Waals surface area contributed by atoms with Gasteiger partial charge in [-0.3, -0.25) is 5.10 Å². The number of H-pyrrole nitrogens is 1. The maximum atomic E-state index is 5.65. The summed E-state index contributed by atoms with van der Waals surface area (Å²) < 4.78 is 0. The summed E-state index contributed by atoms with van der Waals surface area (Å²) in [5, 5.41) is 9.63. The zero-order valence-corrected chi connectivity index (χ0v) is 6.73. The molecular formula is C7H12N4. The molecule has 1 rings (SSSR count). The zero-order valence-electron chi connectivity index (χ0n) is 6.73. The molecule has 1 aromatic rings. The van der Waals surface area contributed by atoms with Crippen LogP contribution in [0.3, 0.4) is 0 Å². The molecule has 4 nitrogen and oxygen atoms in total. The quantitative estimate of drug-likeness (QED) is 0.597. The smallest absolute Gasteiger partial charge is 0.149 e. The third-order valence-electron chi connectivity index (χ3n) is 1.33. The van der Waals surface area contributed by atoms with Crippen molar-refractivity contribution in [3.05, 3.63) is 18.0 Å². The summed E-state index contributed by atoms with van der Waals surface area (Å²) >= 11 is 0. The Morgan fingerprint density at radius 2 is 2.36 bits per heavy atom. The standard InChI is InChI=1S/C7H12N4/c1-4(2)9-7-6(8)5(3)10-11-7/h1,8H2,2-3H3,(H2,9,10,11). The van der Waals surface area contributed by atoms with Crippen molar-refractivity contribution in [2.24, 2.45) is 0 Å². The molecule has 4 N–H and O–H groups in total. The Labute approximate surface area is 65.5 Å². The molecule has 0 atom stereocenters. The fraction of sp³-hybridized carbons (Fsp3) is 0.286. The van der Waals surface area contributed by atoms with Crippen LogP contribution >= 0.6 is 0 Å². The number of hydrogen-bond acceptors (Lipinski definition) is 3. The lowest BCUT2D eigenvalue weighted by Crippen LogP contribution is -1.97. The molecule has 4 heteroatoms. The predicted molar refractivity (Wildman–Crippen MR) is 46.2 cm³/mol. The third-order valence-corrected chi connectivity index (χ3v) is 1.33. The van der Waals surface area contributed by atoms with E-state index in [0.717, 1.165) is 17.2 Å². The van der Waals surface area contributed by atoms with E-state index in [1.54, 1.807) is 0 Å². The van der Waals surface area contributed by atoms with Crippen molar-refractivity contribution < 1.29 is 0 Å². The van der Waals surface area contributed by atoms with E-state index in [1.165, 1.54) is 0 Å². The van der Waals surface area contributed by atoms with E-state index in [2.05, 4.69) is 22.1 Å². The van der Waals surface area contributed by atoms with Crippen LogP contribution in [0.15, 0.2) is 12.3 Å². The van der Waals surface area contributed by atoms with Gasteiger partial charge in [-0.25, -0.2) is 0 Å². The number of aromatic amines is 1. The summed E-state index contributed by atoms with van der Waals surface area (Å²) in [6.07, 6.45) is 0. The SMILES string of the molecule is C=C(C)Nc1[nH]nc(C)c1N. The van der Waals surface area contributed by atoms with E-state index in [4.69, 9.17) is 5.73 Å². The largest absolute Gasteiger partial charge is 0.394 e. The average molecular weight is 152 g/mol. The summed E-state index contributed by atoms with van der Waals surface area (Å²) in [6, 6.07) is 0. The van der Waals surface area contributed by atoms with Crippen LogP contribution in [0.4, 0.5) is 11.5 Å². The van der Waals surface area contributed by atoms with Gasteiger partial charge in [0.2, 0.25) is 0 Å². The second-order valence-electron chi connectivity index (χ2n) is 2.50. The van der Waals surface area contributed by atoms with Crippen LogP contribution in [0.25, 0.3) is 0 Å². The van der Waals surface area contributed by atoms with E-state index in [9.17, 15) is 0 Å². The minimum Gasteiger partial charge on any atom is -0.394 e. The first-order valence-corrected chi connectivity index (χ1v) is 3.34. The van der Waals surface area contributed by atoms with Gasteiger partial charge in [0, 0.05) is 5.70 Å². The van der Waals surface area contributed by atoms with Crippen LogP contribution < -0.4 is 11.1 Å². The van der Waals surface area contributed by atoms with Crippen LogP contribution in [0.1, 0.15) is 12.6 Å². The molecule has 0 fully saturated rings. The second-order valence-corrected chi connectivity index (χ2v) is 2.50. The maximum absolute atomic E-state index is 5.65. The Morgan fingerprint density at radius 3 is 2.73 bits per heavy atom. The summed E-state index contributed by atoms with van der Waals surface area (Å²) in [4.78, 5) is 0. The highest BCUT2D eigenvalue weighted by Crippen LogP contribution is 2.18. The van der Waals surface area contributed by atoms with Gasteiger partial charge in [-0.2, -0.15) is 5.10 Å². The highest BCUT2D eigenvalue weighted by Gasteiger charge is 2.03. The number of nitrogens with two attached hydrogens (primary N) is 1. The lowest BCUT2D eigenvalue weighted by Gasteiger charge is -2.01. The van der Waals surface area contributed by atoms with Crippen molar-refractivity contribution in [3.8, 4) is 0 Å². The van der Waals surface area contributed by atoms with Crippen molar-refractivity contribution in [2.75, 3.05) is 11.1 Å². The Balaban J connectivity index is 2.87. The number of aryl methyl sites for hydroxylation is 1. The second kappa shape index (κ2) is 2.65. The van der Waals surface area contributed by atoms with Gasteiger partial charge in [0.15, 0.2) is 0 Å². The molecule has 0 saturated carbocycles. The molecule has 1 aromatic heterocycles. The summed E-state index contributed by atoms with van der Waals surface area (Å²) in [6.45, 7) is 7.39. The fourth-order valence-corrected chi connectivity index (χ4v) is 0.750. The molecule has 0 saturated heterocycles. The molecule has 0 bridgehead atoms. The normalized spacial score (nSPS) is 9.64. The van der Waals surface area contributed by atoms with Crippen LogP contribution in [-0.4, -0.2) is 10.2 Å². The molecule has 0 unspecified atom stereocenters. The first kappa shape index (κ1) is 7.65. The van der Waals surface area contributed by atoms with E-state index in [1.807, 2.05) is 13.8 Å². The lowest BCUT2D eigenvalue weighted by atomic mass is 10.4. The molecule has 0 aliphatic rings. The number of nitrogens with one attached hydrogen (secondary N) is 2. The summed E-state index contributed by atoms with van der Waals surface area (Å²) in [5.74, 6) is 0.718. The van der Waals surface area contributed by atoms with Crippen molar-refractivity contribution in [1.82, 2.24) is 10.2 Å². The van der Waals surface area contributed by atoms with Gasteiger partial charge in [-0.05, 0) is 13.8 Å². The highest BCUT2D eigenvalue weighted by molar-refractivity contribution is 5.65. The van der Waals surface area contributed by atoms with Crippen molar-refractivity contribution in [2.45, 2.75) is 13.8 Å². The minimum absolute atomic E-state index is 0.646. The molecule has 1 heterocycles. The Hall–Kier alpha value is -1.45. The molecule has 0 spiro atoms. The van der Waals surface area contributed by atoms with E-state index < -0.39 is 0 Å². The summed E-state index contributed by atoms with van der Waals surface area (Å²) in [5.41, 5.74) is 7.93. The molecule has 0 amide bonds. The monoisotopic (exact) mass is 152 g/mol. The van der Waals surface area contributed by atoms with Gasteiger partial charge < -0.3 is 11.1 Å². The van der Waals surface area contributed by atoms with Crippen LogP contribution in [-0.2, 0) is 0 Å². The van der Waals surface area contributed by atoms with Crippen molar-refractivity contribution in [1.29, 1.82) is 0 Å². The minimum atomic E-state index is 0.646. The molecule has 60 valence electrons. The van der Waals surface area contributed by atoms with Gasteiger partial charge in [0.25, 0.3) is 0 Å². The molecular weight excluding hydrogens is 140 g/mol. The van der Waals surface area contributed by atoms with Gasteiger partial charge in [0.1, 0.15) is 5.82 Å². The van der Waals surface area contributed by atoms with Crippen LogP contribution in [0.5, 0.6) is 0 Å². The molecule has 0 aliphatic heterocycles. The Morgan fingerprint density at radius 1 is 1.73 bits per heavy atom. The topological polar surface area (TPSA) is 66.7 Å². The van der Waals surface area contributed by atoms with Crippen molar-refractivity contribution >= 4 is 11.5 Å². The Kier molecular flexibility index (Phi) is 1.85. The van der Waals surface area contributed by atoms with Crippen molar-refractivity contribution in [3.63, 3.8) is 0 Å². The number of rotatable bonds is 2. The third kappa shape index (κ3) is 1.52. The first-order valence-electron chi connectivity index (χ1n) is 3.34. The molecule has 0 radical (unpaired) electrons. The number of anilines is 2. The lowest BCUT2D eigenvalue weighted by molar-refractivity contribution is 1.05. The number of nitrogen functional groups attached to an aromatic ring is 1. The van der Waals surface area contributed by atoms with Crippen LogP contribution in [0.2, 0.25) is 0 Å². The Bertz CT molecular complexity index is 274. The van der Waals surface area contributed by atoms with Crippen LogP contribution in [0, 0.1) is 6.92 Å². The number of hydrogen-bond donors (Lipinski definition) is 3. The molecule has 11 heavy (non-hydrogen) atoms. The fourth-order valence-electron chi connectivity index (χ4n) is 0.750. The zero-order chi connectivity index (χ0) is 8.43. The van der Waals surface area contributed by atoms with E-state index in [0.29, 0.717) is 5.69 Å². The molecule has 0 aromatic carbocycles. The first-order chi connectivity index (χ1) is 5.11. The van der Waals surface area contributed by atoms with Gasteiger partial charge in [-0.1, -0.05) is 6.58 Å². The molecule has 0 aliphatic carbocycles. The maximum Gasteiger partial charge on any atom is 0.149 e. The predicted octanol–water partition coefficient (Wildman–Crippen LogP) is 1.25. The number of aromatic nitrogens is 2. The number of nitrogens with zero attached hydrogens (tertiary/aromatic N) is 1. The van der Waals surface area contributed by atoms with Gasteiger partial charge in [0.05, 0.1) is 11.4 Å².